The molecule has 0 radical (unpaired) electrons. The minimum Gasteiger partial charge on any atom is -0.480 e. The smallest absolute Gasteiger partial charge is 0.326 e. The fourth-order valence-electron chi connectivity index (χ4n) is 2.28. The van der Waals surface area contributed by atoms with Crippen molar-refractivity contribution in [3.8, 4) is 0 Å². The molecule has 0 aromatic carbocycles. The molecule has 2 unspecified atom stereocenters. The number of rotatable bonds is 3. The van der Waals surface area contributed by atoms with Crippen molar-refractivity contribution in [1.29, 1.82) is 0 Å². The number of carboxylic acids is 1. The number of carboxylic acid groups (broad SMARTS) is 1. The molecule has 2 amide bonds. The van der Waals surface area contributed by atoms with Crippen LogP contribution in [0.5, 0.6) is 0 Å². The van der Waals surface area contributed by atoms with E-state index in [9.17, 15) is 14.7 Å². The van der Waals surface area contributed by atoms with Crippen LogP contribution in [0.4, 0.5) is 4.79 Å². The lowest BCUT2D eigenvalue weighted by molar-refractivity contribution is -0.144. The van der Waals surface area contributed by atoms with E-state index in [1.54, 1.807) is 4.90 Å². The van der Waals surface area contributed by atoms with Crippen LogP contribution in [-0.2, 0) is 4.79 Å². The zero-order valence-electron chi connectivity index (χ0n) is 10.8. The second-order valence-corrected chi connectivity index (χ2v) is 4.63. The number of hydrogen-bond donors (Lipinski definition) is 1. The fraction of sp³-hybridized carbons (Fsp3) is 0.833. The quantitative estimate of drug-likeness (QED) is 0.818. The Morgan fingerprint density at radius 3 is 2.41 bits per heavy atom. The number of nitrogens with zero attached hydrogens (tertiary/aromatic N) is 2. The first-order chi connectivity index (χ1) is 8.01. The molecule has 0 aromatic rings. The van der Waals surface area contributed by atoms with Gasteiger partial charge >= 0.3 is 12.0 Å². The topological polar surface area (TPSA) is 60.9 Å². The molecule has 0 saturated carbocycles. The van der Waals surface area contributed by atoms with Gasteiger partial charge in [0, 0.05) is 19.6 Å². The van der Waals surface area contributed by atoms with E-state index in [1.807, 2.05) is 20.8 Å². The Bertz CT molecular complexity index is 289. The van der Waals surface area contributed by atoms with Crippen LogP contribution in [0.15, 0.2) is 0 Å². The number of amides is 2. The van der Waals surface area contributed by atoms with E-state index in [2.05, 4.69) is 0 Å². The van der Waals surface area contributed by atoms with Gasteiger partial charge in [0.05, 0.1) is 0 Å². The normalized spacial score (nSPS) is 24.5. The van der Waals surface area contributed by atoms with Crippen LogP contribution in [0.25, 0.3) is 0 Å². The molecule has 1 saturated heterocycles. The molecule has 1 heterocycles. The van der Waals surface area contributed by atoms with E-state index in [0.29, 0.717) is 32.0 Å². The Morgan fingerprint density at radius 2 is 1.94 bits per heavy atom. The van der Waals surface area contributed by atoms with Crippen molar-refractivity contribution in [2.75, 3.05) is 19.6 Å². The predicted molar refractivity (Wildman–Crippen MR) is 64.8 cm³/mol. The molecule has 17 heavy (non-hydrogen) atoms. The summed E-state index contributed by atoms with van der Waals surface area (Å²) in [7, 11) is 0. The summed E-state index contributed by atoms with van der Waals surface area (Å²) < 4.78 is 0. The van der Waals surface area contributed by atoms with Crippen LogP contribution in [0.1, 0.15) is 33.6 Å². The van der Waals surface area contributed by atoms with E-state index >= 15 is 0 Å². The predicted octanol–water partition coefficient (Wildman–Crippen LogP) is 1.63. The molecule has 5 heteroatoms. The lowest BCUT2D eigenvalue weighted by Crippen LogP contribution is -2.54. The molecular formula is C12H22N2O3. The minimum atomic E-state index is -0.892. The number of carbonyl (C=O) groups excluding carboxylic acids is 1. The molecule has 1 rings (SSSR count). The molecule has 0 aromatic heterocycles. The van der Waals surface area contributed by atoms with Crippen molar-refractivity contribution >= 4 is 12.0 Å². The summed E-state index contributed by atoms with van der Waals surface area (Å²) >= 11 is 0. The summed E-state index contributed by atoms with van der Waals surface area (Å²) in [5, 5.41) is 9.19. The van der Waals surface area contributed by atoms with Crippen LogP contribution >= 0.6 is 0 Å². The summed E-state index contributed by atoms with van der Waals surface area (Å²) in [6.07, 6.45) is 1.44. The highest BCUT2D eigenvalue weighted by molar-refractivity contribution is 5.83. The summed E-state index contributed by atoms with van der Waals surface area (Å²) in [6, 6.07) is -0.804. The van der Waals surface area contributed by atoms with E-state index in [1.165, 1.54) is 4.90 Å². The highest BCUT2D eigenvalue weighted by atomic mass is 16.4. The summed E-state index contributed by atoms with van der Waals surface area (Å²) in [6.45, 7) is 7.64. The van der Waals surface area contributed by atoms with Crippen molar-refractivity contribution in [3.63, 3.8) is 0 Å². The second kappa shape index (κ2) is 5.89. The number of piperidine rings is 1. The van der Waals surface area contributed by atoms with E-state index in [4.69, 9.17) is 0 Å². The van der Waals surface area contributed by atoms with Gasteiger partial charge in [-0.05, 0) is 32.6 Å². The highest BCUT2D eigenvalue weighted by Crippen LogP contribution is 2.23. The Morgan fingerprint density at radius 1 is 1.35 bits per heavy atom. The maximum Gasteiger partial charge on any atom is 0.326 e. The average Bonchev–Trinajstić information content (AvgIpc) is 2.30. The van der Waals surface area contributed by atoms with Gasteiger partial charge < -0.3 is 14.9 Å². The van der Waals surface area contributed by atoms with Gasteiger partial charge in [0.15, 0.2) is 0 Å². The first kappa shape index (κ1) is 13.8. The molecule has 1 N–H and O–H groups in total. The maximum absolute atomic E-state index is 12.2. The van der Waals surface area contributed by atoms with Crippen molar-refractivity contribution in [1.82, 2.24) is 9.80 Å². The molecule has 0 aliphatic carbocycles. The van der Waals surface area contributed by atoms with Gasteiger partial charge in [-0.1, -0.05) is 6.92 Å². The van der Waals surface area contributed by atoms with Gasteiger partial charge in [0.25, 0.3) is 0 Å². The first-order valence-electron chi connectivity index (χ1n) is 6.29. The first-order valence-corrected chi connectivity index (χ1v) is 6.29. The molecule has 98 valence electrons. The van der Waals surface area contributed by atoms with Gasteiger partial charge in [-0.15, -0.1) is 0 Å². The second-order valence-electron chi connectivity index (χ2n) is 4.63. The van der Waals surface area contributed by atoms with Gasteiger partial charge in [-0.3, -0.25) is 0 Å². The largest absolute Gasteiger partial charge is 0.480 e. The number of aliphatic carboxylic acids is 1. The van der Waals surface area contributed by atoms with Crippen molar-refractivity contribution < 1.29 is 14.7 Å². The summed E-state index contributed by atoms with van der Waals surface area (Å²) in [4.78, 5) is 26.6. The third-order valence-corrected chi connectivity index (χ3v) is 3.43. The molecule has 1 aliphatic rings. The number of likely N-dealkylation sites (tertiary alicyclic amines) is 1. The Labute approximate surface area is 102 Å². The Balaban J connectivity index is 2.79. The third kappa shape index (κ3) is 3.11. The zero-order valence-corrected chi connectivity index (χ0v) is 10.8. The fourth-order valence-corrected chi connectivity index (χ4v) is 2.28. The van der Waals surface area contributed by atoms with Gasteiger partial charge in [-0.25, -0.2) is 9.59 Å². The SMILES string of the molecule is CCN(CC)C(=O)N1CCC(C)CC1C(=O)O. The molecule has 0 bridgehead atoms. The zero-order chi connectivity index (χ0) is 13.0. The molecule has 0 spiro atoms. The van der Waals surface area contributed by atoms with E-state index < -0.39 is 12.0 Å². The Hall–Kier alpha value is -1.26. The van der Waals surface area contributed by atoms with E-state index in [-0.39, 0.29) is 6.03 Å². The monoisotopic (exact) mass is 242 g/mol. The number of hydrogen-bond acceptors (Lipinski definition) is 2. The number of urea groups is 1. The van der Waals surface area contributed by atoms with Crippen LogP contribution < -0.4 is 0 Å². The lowest BCUT2D eigenvalue weighted by Gasteiger charge is -2.38. The van der Waals surface area contributed by atoms with Crippen LogP contribution in [0.2, 0.25) is 0 Å². The molecule has 2 atom stereocenters. The summed E-state index contributed by atoms with van der Waals surface area (Å²) in [5.41, 5.74) is 0. The molecule has 1 aliphatic heterocycles. The van der Waals surface area contributed by atoms with Gasteiger partial charge in [0.2, 0.25) is 0 Å². The van der Waals surface area contributed by atoms with Gasteiger partial charge in [-0.2, -0.15) is 0 Å². The van der Waals surface area contributed by atoms with E-state index in [0.717, 1.165) is 6.42 Å². The number of carbonyl (C=O) groups is 2. The molecule has 1 fully saturated rings. The van der Waals surface area contributed by atoms with Crippen molar-refractivity contribution in [2.24, 2.45) is 5.92 Å². The van der Waals surface area contributed by atoms with Crippen LogP contribution in [0.3, 0.4) is 0 Å². The summed E-state index contributed by atoms with van der Waals surface area (Å²) in [5.74, 6) is -0.520. The molecule has 5 nitrogen and oxygen atoms in total. The lowest BCUT2D eigenvalue weighted by atomic mass is 9.92. The Kier molecular flexibility index (Phi) is 4.78. The third-order valence-electron chi connectivity index (χ3n) is 3.43. The van der Waals surface area contributed by atoms with Crippen LogP contribution in [0, 0.1) is 5.92 Å². The van der Waals surface area contributed by atoms with Crippen LogP contribution in [-0.4, -0.2) is 52.6 Å². The minimum absolute atomic E-state index is 0.144. The molecular weight excluding hydrogens is 220 g/mol. The highest BCUT2D eigenvalue weighted by Gasteiger charge is 2.36. The average molecular weight is 242 g/mol. The van der Waals surface area contributed by atoms with Crippen molar-refractivity contribution in [3.05, 3.63) is 0 Å². The standard InChI is InChI=1S/C12H22N2O3/c1-4-13(5-2)12(17)14-7-6-9(3)8-10(14)11(15)16/h9-10H,4-8H2,1-3H3,(H,15,16). The van der Waals surface area contributed by atoms with Gasteiger partial charge in [0.1, 0.15) is 6.04 Å². The maximum atomic E-state index is 12.2. The van der Waals surface area contributed by atoms with Crippen molar-refractivity contribution in [2.45, 2.75) is 39.7 Å².